The maximum Gasteiger partial charge on any atom is 0.142 e. The molecule has 0 radical (unpaired) electrons. The van der Waals surface area contributed by atoms with Gasteiger partial charge in [-0.1, -0.05) is 31.4 Å². The van der Waals surface area contributed by atoms with Gasteiger partial charge in [-0.25, -0.2) is 0 Å². The van der Waals surface area contributed by atoms with Gasteiger partial charge in [-0.05, 0) is 24.6 Å². The Morgan fingerprint density at radius 3 is 2.80 bits per heavy atom. The quantitative estimate of drug-likeness (QED) is 0.743. The van der Waals surface area contributed by atoms with Crippen molar-refractivity contribution in [3.05, 3.63) is 23.2 Å². The van der Waals surface area contributed by atoms with Crippen LogP contribution in [0, 0.1) is 0 Å². The second-order valence-corrected chi connectivity index (χ2v) is 3.91. The molecule has 0 aliphatic carbocycles. The summed E-state index contributed by atoms with van der Waals surface area (Å²) in [7, 11) is 1.67. The van der Waals surface area contributed by atoms with Gasteiger partial charge in [0.05, 0.1) is 12.8 Å². The molecular weight excluding hydrogens is 210 g/mol. The lowest BCUT2D eigenvalue weighted by Crippen LogP contribution is -2.02. The van der Waals surface area contributed by atoms with Gasteiger partial charge in [-0.15, -0.1) is 0 Å². The molecule has 1 N–H and O–H groups in total. The molecule has 15 heavy (non-hydrogen) atoms. The van der Waals surface area contributed by atoms with Crippen LogP contribution in [-0.2, 0) is 0 Å². The lowest BCUT2D eigenvalue weighted by molar-refractivity contribution is 0.416. The minimum absolute atomic E-state index is 0.730. The summed E-state index contributed by atoms with van der Waals surface area (Å²) in [6, 6.07) is 5.61. The first-order chi connectivity index (χ1) is 7.27. The molecule has 0 atom stereocenters. The Labute approximate surface area is 96.6 Å². The average Bonchev–Trinajstić information content (AvgIpc) is 2.25. The molecule has 0 unspecified atom stereocenters. The van der Waals surface area contributed by atoms with E-state index in [0.29, 0.717) is 0 Å². The molecule has 0 aliphatic heterocycles. The number of hydrogen-bond acceptors (Lipinski definition) is 2. The van der Waals surface area contributed by atoms with E-state index in [0.717, 1.165) is 23.0 Å². The molecule has 0 aliphatic rings. The van der Waals surface area contributed by atoms with Gasteiger partial charge in [0, 0.05) is 11.6 Å². The Morgan fingerprint density at radius 1 is 1.33 bits per heavy atom. The number of nitrogens with one attached hydrogen (secondary N) is 1. The third kappa shape index (κ3) is 4.00. The number of halogens is 1. The highest BCUT2D eigenvalue weighted by Crippen LogP contribution is 2.27. The van der Waals surface area contributed by atoms with Crippen LogP contribution in [0.4, 0.5) is 5.69 Å². The summed E-state index contributed by atoms with van der Waals surface area (Å²) in [5, 5.41) is 4.06. The van der Waals surface area contributed by atoms with Crippen LogP contribution in [0.15, 0.2) is 18.2 Å². The zero-order valence-electron chi connectivity index (χ0n) is 9.35. The van der Waals surface area contributed by atoms with Gasteiger partial charge < -0.3 is 10.1 Å². The van der Waals surface area contributed by atoms with Gasteiger partial charge in [-0.3, -0.25) is 0 Å². The number of unbranched alkanes of at least 4 members (excludes halogenated alkanes) is 2. The molecule has 0 heterocycles. The van der Waals surface area contributed by atoms with Crippen LogP contribution in [0.5, 0.6) is 5.75 Å². The maximum atomic E-state index is 5.92. The second kappa shape index (κ2) is 6.57. The van der Waals surface area contributed by atoms with E-state index in [1.165, 1.54) is 19.3 Å². The van der Waals surface area contributed by atoms with Crippen LogP contribution < -0.4 is 10.1 Å². The monoisotopic (exact) mass is 227 g/mol. The van der Waals surface area contributed by atoms with E-state index in [9.17, 15) is 0 Å². The fraction of sp³-hybridized carbons (Fsp3) is 0.500. The Hall–Kier alpha value is -0.890. The number of rotatable bonds is 6. The molecule has 84 valence electrons. The fourth-order valence-electron chi connectivity index (χ4n) is 1.42. The van der Waals surface area contributed by atoms with E-state index in [-0.39, 0.29) is 0 Å². The molecule has 2 nitrogen and oxygen atoms in total. The van der Waals surface area contributed by atoms with Gasteiger partial charge in [0.25, 0.3) is 0 Å². The summed E-state index contributed by atoms with van der Waals surface area (Å²) in [6.45, 7) is 3.16. The van der Waals surface area contributed by atoms with Crippen LogP contribution in [0.2, 0.25) is 5.02 Å². The predicted molar refractivity (Wildman–Crippen MR) is 66.0 cm³/mol. The first kappa shape index (κ1) is 12.2. The molecule has 0 aromatic heterocycles. The standard InChI is InChI=1S/C12H18ClNO/c1-3-4-5-8-14-11-9-10(13)6-7-12(11)15-2/h6-7,9,14H,3-5,8H2,1-2H3. The van der Waals surface area contributed by atoms with E-state index in [4.69, 9.17) is 16.3 Å². The zero-order chi connectivity index (χ0) is 11.1. The van der Waals surface area contributed by atoms with Gasteiger partial charge in [0.15, 0.2) is 0 Å². The molecule has 0 saturated carbocycles. The van der Waals surface area contributed by atoms with Crippen molar-refractivity contribution < 1.29 is 4.74 Å². The van der Waals surface area contributed by atoms with Crippen LogP contribution in [-0.4, -0.2) is 13.7 Å². The molecule has 0 bridgehead atoms. The highest BCUT2D eigenvalue weighted by Gasteiger charge is 2.02. The SMILES string of the molecule is CCCCCNc1cc(Cl)ccc1OC. The molecule has 0 spiro atoms. The minimum atomic E-state index is 0.730. The third-order valence-electron chi connectivity index (χ3n) is 2.26. The molecular formula is C12H18ClNO. The van der Waals surface area contributed by atoms with E-state index >= 15 is 0 Å². The Kier molecular flexibility index (Phi) is 5.33. The Bertz CT molecular complexity index is 302. The molecule has 1 aromatic rings. The smallest absolute Gasteiger partial charge is 0.142 e. The van der Waals surface area contributed by atoms with Crippen molar-refractivity contribution in [2.75, 3.05) is 19.0 Å². The van der Waals surface area contributed by atoms with Crippen LogP contribution in [0.1, 0.15) is 26.2 Å². The van der Waals surface area contributed by atoms with Gasteiger partial charge in [-0.2, -0.15) is 0 Å². The minimum Gasteiger partial charge on any atom is -0.495 e. The largest absolute Gasteiger partial charge is 0.495 e. The van der Waals surface area contributed by atoms with Crippen molar-refractivity contribution in [3.8, 4) is 5.75 Å². The summed E-state index contributed by atoms with van der Waals surface area (Å²) in [4.78, 5) is 0. The van der Waals surface area contributed by atoms with Crippen molar-refractivity contribution in [1.29, 1.82) is 0 Å². The van der Waals surface area contributed by atoms with Gasteiger partial charge >= 0.3 is 0 Å². The molecule has 0 saturated heterocycles. The molecule has 3 heteroatoms. The van der Waals surface area contributed by atoms with Crippen LogP contribution in [0.3, 0.4) is 0 Å². The first-order valence-electron chi connectivity index (χ1n) is 5.35. The van der Waals surface area contributed by atoms with Gasteiger partial charge in [0.1, 0.15) is 5.75 Å². The zero-order valence-corrected chi connectivity index (χ0v) is 10.1. The van der Waals surface area contributed by atoms with E-state index in [1.807, 2.05) is 18.2 Å². The van der Waals surface area contributed by atoms with Crippen molar-refractivity contribution >= 4 is 17.3 Å². The van der Waals surface area contributed by atoms with E-state index < -0.39 is 0 Å². The van der Waals surface area contributed by atoms with E-state index in [1.54, 1.807) is 7.11 Å². The highest BCUT2D eigenvalue weighted by molar-refractivity contribution is 6.30. The molecule has 0 amide bonds. The Balaban J connectivity index is 2.54. The summed E-state index contributed by atoms with van der Waals surface area (Å²) < 4.78 is 5.24. The number of hydrogen-bond donors (Lipinski definition) is 1. The van der Waals surface area contributed by atoms with Crippen molar-refractivity contribution in [2.24, 2.45) is 0 Å². The van der Waals surface area contributed by atoms with Gasteiger partial charge in [0.2, 0.25) is 0 Å². The average molecular weight is 228 g/mol. The predicted octanol–water partition coefficient (Wildman–Crippen LogP) is 3.95. The molecule has 0 fully saturated rings. The summed E-state index contributed by atoms with van der Waals surface area (Å²) in [5.41, 5.74) is 0.973. The number of ether oxygens (including phenoxy) is 1. The topological polar surface area (TPSA) is 21.3 Å². The summed E-state index contributed by atoms with van der Waals surface area (Å²) in [6.07, 6.45) is 3.65. The lowest BCUT2D eigenvalue weighted by atomic mass is 10.2. The molecule has 1 aromatic carbocycles. The van der Waals surface area contributed by atoms with Crippen molar-refractivity contribution in [2.45, 2.75) is 26.2 Å². The second-order valence-electron chi connectivity index (χ2n) is 3.48. The van der Waals surface area contributed by atoms with Crippen molar-refractivity contribution in [1.82, 2.24) is 0 Å². The first-order valence-corrected chi connectivity index (χ1v) is 5.73. The molecule has 1 rings (SSSR count). The number of benzene rings is 1. The maximum absolute atomic E-state index is 5.92. The van der Waals surface area contributed by atoms with Crippen molar-refractivity contribution in [3.63, 3.8) is 0 Å². The van der Waals surface area contributed by atoms with E-state index in [2.05, 4.69) is 12.2 Å². The van der Waals surface area contributed by atoms with Crippen LogP contribution in [0.25, 0.3) is 0 Å². The normalized spacial score (nSPS) is 10.1. The highest BCUT2D eigenvalue weighted by atomic mass is 35.5. The number of anilines is 1. The Morgan fingerprint density at radius 2 is 2.13 bits per heavy atom. The summed E-state index contributed by atoms with van der Waals surface area (Å²) >= 11 is 5.92. The third-order valence-corrected chi connectivity index (χ3v) is 2.49. The number of methoxy groups -OCH3 is 1. The lowest BCUT2D eigenvalue weighted by Gasteiger charge is -2.11. The summed E-state index contributed by atoms with van der Waals surface area (Å²) in [5.74, 6) is 0.843. The van der Waals surface area contributed by atoms with Crippen LogP contribution >= 0.6 is 11.6 Å². The fourth-order valence-corrected chi connectivity index (χ4v) is 1.59.